The molecule has 0 aromatic rings. The average molecular weight is 333 g/mol. The quantitative estimate of drug-likeness (QED) is 0.824. The van der Waals surface area contributed by atoms with E-state index in [-0.39, 0.29) is 11.5 Å². The molecule has 5 rings (SSSR count). The highest BCUT2D eigenvalue weighted by molar-refractivity contribution is 5.76. The van der Waals surface area contributed by atoms with Crippen LogP contribution in [0.5, 0.6) is 0 Å². The van der Waals surface area contributed by atoms with E-state index < -0.39 is 0 Å². The SMILES string of the molecule is C[C@H]1CC(C)(C)[C@@H](CNC(=O)CC23CC4CC(CC(C4)C2)C3)[C@@H]1N. The van der Waals surface area contributed by atoms with Crippen molar-refractivity contribution in [2.45, 2.75) is 78.2 Å². The van der Waals surface area contributed by atoms with E-state index >= 15 is 0 Å². The number of hydrogen-bond donors (Lipinski definition) is 2. The summed E-state index contributed by atoms with van der Waals surface area (Å²) >= 11 is 0. The van der Waals surface area contributed by atoms with Crippen molar-refractivity contribution in [2.75, 3.05) is 6.54 Å². The average Bonchev–Trinajstić information content (AvgIpc) is 2.63. The van der Waals surface area contributed by atoms with E-state index in [0.717, 1.165) is 30.7 Å². The zero-order chi connectivity index (χ0) is 17.1. The number of amides is 1. The van der Waals surface area contributed by atoms with Gasteiger partial charge in [-0.05, 0) is 85.4 Å². The van der Waals surface area contributed by atoms with E-state index in [1.54, 1.807) is 0 Å². The van der Waals surface area contributed by atoms with Crippen molar-refractivity contribution >= 4 is 5.91 Å². The van der Waals surface area contributed by atoms with Crippen LogP contribution in [0.25, 0.3) is 0 Å². The van der Waals surface area contributed by atoms with Gasteiger partial charge in [-0.3, -0.25) is 4.79 Å². The van der Waals surface area contributed by atoms with Crippen molar-refractivity contribution in [3.63, 3.8) is 0 Å². The second-order valence-corrected chi connectivity index (χ2v) is 10.8. The molecule has 5 fully saturated rings. The monoisotopic (exact) mass is 332 g/mol. The molecule has 0 aromatic heterocycles. The van der Waals surface area contributed by atoms with Crippen LogP contribution in [0.15, 0.2) is 0 Å². The van der Waals surface area contributed by atoms with Gasteiger partial charge in [-0.2, -0.15) is 0 Å². The van der Waals surface area contributed by atoms with Gasteiger partial charge >= 0.3 is 0 Å². The van der Waals surface area contributed by atoms with Gasteiger partial charge in [-0.15, -0.1) is 0 Å². The molecule has 0 aromatic carbocycles. The lowest BCUT2D eigenvalue weighted by atomic mass is 9.49. The van der Waals surface area contributed by atoms with Crippen LogP contribution in [0.2, 0.25) is 0 Å². The fraction of sp³-hybridized carbons (Fsp3) is 0.952. The van der Waals surface area contributed by atoms with Crippen molar-refractivity contribution < 1.29 is 4.79 Å². The molecule has 0 heterocycles. The highest BCUT2D eigenvalue weighted by atomic mass is 16.1. The largest absolute Gasteiger partial charge is 0.356 e. The molecule has 0 radical (unpaired) electrons. The fourth-order valence-corrected chi connectivity index (χ4v) is 7.58. The number of carbonyl (C=O) groups is 1. The third-order valence-corrected chi connectivity index (χ3v) is 8.19. The summed E-state index contributed by atoms with van der Waals surface area (Å²) in [5.74, 6) is 4.03. The summed E-state index contributed by atoms with van der Waals surface area (Å²) in [5.41, 5.74) is 7.01. The lowest BCUT2D eigenvalue weighted by Gasteiger charge is -2.56. The molecule has 136 valence electrons. The Bertz CT molecular complexity index is 477. The normalized spacial score (nSPS) is 48.7. The molecule has 3 N–H and O–H groups in total. The van der Waals surface area contributed by atoms with Crippen LogP contribution in [0.3, 0.4) is 0 Å². The van der Waals surface area contributed by atoms with Gasteiger partial charge in [0.2, 0.25) is 5.91 Å². The Morgan fingerprint density at radius 2 is 1.58 bits per heavy atom. The minimum atomic E-state index is 0.222. The molecule has 0 saturated heterocycles. The Kier molecular flexibility index (Phi) is 4.02. The Balaban J connectivity index is 1.34. The van der Waals surface area contributed by atoms with Crippen LogP contribution in [-0.4, -0.2) is 18.5 Å². The highest BCUT2D eigenvalue weighted by Crippen LogP contribution is 2.61. The maximum Gasteiger partial charge on any atom is 0.220 e. The Morgan fingerprint density at radius 1 is 1.04 bits per heavy atom. The number of nitrogens with two attached hydrogens (primary N) is 1. The van der Waals surface area contributed by atoms with E-state index in [1.807, 2.05) is 0 Å². The lowest BCUT2D eigenvalue weighted by molar-refractivity contribution is -0.129. The zero-order valence-electron chi connectivity index (χ0n) is 15.8. The third kappa shape index (κ3) is 2.91. The predicted octanol–water partition coefficient (Wildman–Crippen LogP) is 3.72. The standard InChI is InChI=1S/C21H36N2O/c1-13-7-20(2,3)17(19(13)22)12-23-18(24)11-21-8-14-4-15(9-21)6-16(5-14)10-21/h13-17,19H,4-12,22H2,1-3H3,(H,23,24)/t13-,14?,15?,16?,17-,19+,21?/m0/s1. The highest BCUT2D eigenvalue weighted by Gasteiger charge is 2.51. The maximum absolute atomic E-state index is 12.7. The second-order valence-electron chi connectivity index (χ2n) is 10.8. The maximum atomic E-state index is 12.7. The molecule has 5 aliphatic carbocycles. The van der Waals surface area contributed by atoms with Crippen LogP contribution in [0.4, 0.5) is 0 Å². The Labute approximate surface area is 147 Å². The van der Waals surface area contributed by atoms with E-state index in [2.05, 4.69) is 26.1 Å². The van der Waals surface area contributed by atoms with Crippen LogP contribution >= 0.6 is 0 Å². The molecule has 0 aliphatic heterocycles. The molecule has 3 heteroatoms. The number of hydrogen-bond acceptors (Lipinski definition) is 2. The Hall–Kier alpha value is -0.570. The molecule has 0 unspecified atom stereocenters. The van der Waals surface area contributed by atoms with Crippen LogP contribution in [-0.2, 0) is 4.79 Å². The van der Waals surface area contributed by atoms with Crippen molar-refractivity contribution in [3.8, 4) is 0 Å². The van der Waals surface area contributed by atoms with Gasteiger partial charge in [0.1, 0.15) is 0 Å². The van der Waals surface area contributed by atoms with Crippen molar-refractivity contribution in [3.05, 3.63) is 0 Å². The van der Waals surface area contributed by atoms with E-state index in [4.69, 9.17) is 5.73 Å². The molecule has 3 nitrogen and oxygen atoms in total. The molecule has 5 saturated carbocycles. The summed E-state index contributed by atoms with van der Waals surface area (Å²) in [5, 5.41) is 3.29. The minimum absolute atomic E-state index is 0.222. The van der Waals surface area contributed by atoms with Gasteiger partial charge < -0.3 is 11.1 Å². The first-order valence-corrected chi connectivity index (χ1v) is 10.3. The third-order valence-electron chi connectivity index (χ3n) is 8.19. The summed E-state index contributed by atoms with van der Waals surface area (Å²) < 4.78 is 0. The summed E-state index contributed by atoms with van der Waals surface area (Å²) in [6.45, 7) is 7.64. The van der Waals surface area contributed by atoms with Crippen molar-refractivity contribution in [1.82, 2.24) is 5.32 Å². The second kappa shape index (κ2) is 5.72. The zero-order valence-corrected chi connectivity index (χ0v) is 15.8. The summed E-state index contributed by atoms with van der Waals surface area (Å²) in [6.07, 6.45) is 10.2. The topological polar surface area (TPSA) is 55.1 Å². The molecule has 24 heavy (non-hydrogen) atoms. The van der Waals surface area contributed by atoms with Gasteiger partial charge in [0, 0.05) is 19.0 Å². The molecular weight excluding hydrogens is 296 g/mol. The van der Waals surface area contributed by atoms with Gasteiger partial charge in [-0.1, -0.05) is 20.8 Å². The fourth-order valence-electron chi connectivity index (χ4n) is 7.58. The number of rotatable bonds is 4. The number of nitrogens with one attached hydrogen (secondary N) is 1. The minimum Gasteiger partial charge on any atom is -0.356 e. The summed E-state index contributed by atoms with van der Waals surface area (Å²) in [6, 6.07) is 0.222. The van der Waals surface area contributed by atoms with E-state index in [1.165, 1.54) is 44.9 Å². The molecule has 5 aliphatic rings. The van der Waals surface area contributed by atoms with Gasteiger partial charge in [0.25, 0.3) is 0 Å². The van der Waals surface area contributed by atoms with Crippen LogP contribution < -0.4 is 11.1 Å². The lowest BCUT2D eigenvalue weighted by Crippen LogP contribution is -2.49. The molecular formula is C21H36N2O. The predicted molar refractivity (Wildman–Crippen MR) is 97.3 cm³/mol. The molecule has 4 bridgehead atoms. The number of carbonyl (C=O) groups excluding carboxylic acids is 1. The van der Waals surface area contributed by atoms with E-state index in [9.17, 15) is 4.79 Å². The smallest absolute Gasteiger partial charge is 0.220 e. The van der Waals surface area contributed by atoms with Gasteiger partial charge in [0.15, 0.2) is 0 Å². The van der Waals surface area contributed by atoms with Crippen LogP contribution in [0.1, 0.15) is 72.1 Å². The van der Waals surface area contributed by atoms with Crippen molar-refractivity contribution in [2.24, 2.45) is 46.2 Å². The summed E-state index contributed by atoms with van der Waals surface area (Å²) in [7, 11) is 0. The first kappa shape index (κ1) is 16.9. The summed E-state index contributed by atoms with van der Waals surface area (Å²) in [4.78, 5) is 12.7. The Morgan fingerprint density at radius 3 is 2.04 bits per heavy atom. The molecule has 0 spiro atoms. The van der Waals surface area contributed by atoms with E-state index in [0.29, 0.717) is 23.2 Å². The molecule has 1 amide bonds. The van der Waals surface area contributed by atoms with Crippen molar-refractivity contribution in [1.29, 1.82) is 0 Å². The molecule has 3 atom stereocenters. The van der Waals surface area contributed by atoms with Crippen LogP contribution in [0, 0.1) is 40.4 Å². The van der Waals surface area contributed by atoms with Gasteiger partial charge in [0.05, 0.1) is 0 Å². The van der Waals surface area contributed by atoms with Gasteiger partial charge in [-0.25, -0.2) is 0 Å². The first-order valence-electron chi connectivity index (χ1n) is 10.3. The first-order chi connectivity index (χ1) is 11.3.